The van der Waals surface area contributed by atoms with Crippen LogP contribution in [0.4, 0.5) is 0 Å². The van der Waals surface area contributed by atoms with E-state index in [0.717, 1.165) is 19.5 Å². The van der Waals surface area contributed by atoms with Gasteiger partial charge in [0, 0.05) is 32.1 Å². The second-order valence-corrected chi connectivity index (χ2v) is 4.40. The second kappa shape index (κ2) is 3.35. The SMILES string of the molecule is CC(=O)C1CC2CN(C)C(=O)CN2C1. The fraction of sp³-hybridized carbons (Fsp3) is 0.800. The third-order valence-corrected chi connectivity index (χ3v) is 3.35. The number of rotatable bonds is 1. The maximum absolute atomic E-state index is 11.4. The van der Waals surface area contributed by atoms with Gasteiger partial charge in [0.15, 0.2) is 0 Å². The Bertz CT molecular complexity index is 277. The van der Waals surface area contributed by atoms with Crippen molar-refractivity contribution in [3.63, 3.8) is 0 Å². The molecule has 2 heterocycles. The Hall–Kier alpha value is -0.900. The zero-order valence-corrected chi connectivity index (χ0v) is 8.69. The van der Waals surface area contributed by atoms with Gasteiger partial charge in [0.25, 0.3) is 0 Å². The molecule has 2 fully saturated rings. The molecule has 0 aromatic carbocycles. The lowest BCUT2D eigenvalue weighted by molar-refractivity contribution is -0.135. The molecular weight excluding hydrogens is 180 g/mol. The lowest BCUT2D eigenvalue weighted by Gasteiger charge is -2.34. The monoisotopic (exact) mass is 196 g/mol. The van der Waals surface area contributed by atoms with E-state index in [1.165, 1.54) is 0 Å². The summed E-state index contributed by atoms with van der Waals surface area (Å²) in [7, 11) is 1.83. The minimum absolute atomic E-state index is 0.152. The molecule has 0 radical (unpaired) electrons. The molecular formula is C10H16N2O2. The van der Waals surface area contributed by atoms with Gasteiger partial charge in [-0.05, 0) is 13.3 Å². The van der Waals surface area contributed by atoms with Crippen LogP contribution in [-0.2, 0) is 9.59 Å². The number of hydrogen-bond donors (Lipinski definition) is 0. The minimum Gasteiger partial charge on any atom is -0.343 e. The van der Waals surface area contributed by atoms with E-state index in [1.54, 1.807) is 11.8 Å². The van der Waals surface area contributed by atoms with Crippen LogP contribution in [0.2, 0.25) is 0 Å². The Labute approximate surface area is 83.9 Å². The Morgan fingerprint density at radius 3 is 2.79 bits per heavy atom. The van der Waals surface area contributed by atoms with Gasteiger partial charge in [0.2, 0.25) is 5.91 Å². The van der Waals surface area contributed by atoms with Crippen molar-refractivity contribution in [3.8, 4) is 0 Å². The van der Waals surface area contributed by atoms with Gasteiger partial charge in [-0.15, -0.1) is 0 Å². The zero-order chi connectivity index (χ0) is 10.3. The predicted molar refractivity (Wildman–Crippen MR) is 51.8 cm³/mol. The number of carbonyl (C=O) groups excluding carboxylic acids is 2. The zero-order valence-electron chi connectivity index (χ0n) is 8.69. The van der Waals surface area contributed by atoms with Gasteiger partial charge in [-0.2, -0.15) is 0 Å². The maximum Gasteiger partial charge on any atom is 0.236 e. The highest BCUT2D eigenvalue weighted by atomic mass is 16.2. The van der Waals surface area contributed by atoms with Gasteiger partial charge in [-0.1, -0.05) is 0 Å². The first-order valence-corrected chi connectivity index (χ1v) is 5.06. The van der Waals surface area contributed by atoms with E-state index in [-0.39, 0.29) is 17.6 Å². The fourth-order valence-corrected chi connectivity index (χ4v) is 2.37. The molecule has 0 bridgehead atoms. The number of hydrogen-bond acceptors (Lipinski definition) is 3. The van der Waals surface area contributed by atoms with Crippen molar-refractivity contribution < 1.29 is 9.59 Å². The van der Waals surface area contributed by atoms with Crippen LogP contribution in [0.5, 0.6) is 0 Å². The van der Waals surface area contributed by atoms with Crippen molar-refractivity contribution in [2.24, 2.45) is 5.92 Å². The van der Waals surface area contributed by atoms with Crippen LogP contribution in [0.25, 0.3) is 0 Å². The molecule has 2 aliphatic rings. The summed E-state index contributed by atoms with van der Waals surface area (Å²) in [5, 5.41) is 0. The van der Waals surface area contributed by atoms with Crippen LogP contribution >= 0.6 is 0 Å². The van der Waals surface area contributed by atoms with Crippen molar-refractivity contribution in [2.75, 3.05) is 26.7 Å². The second-order valence-electron chi connectivity index (χ2n) is 4.40. The van der Waals surface area contributed by atoms with E-state index in [0.29, 0.717) is 12.6 Å². The van der Waals surface area contributed by atoms with Crippen LogP contribution in [0, 0.1) is 5.92 Å². The highest BCUT2D eigenvalue weighted by Crippen LogP contribution is 2.26. The summed E-state index contributed by atoms with van der Waals surface area (Å²) in [6, 6.07) is 0.409. The average Bonchev–Trinajstić information content (AvgIpc) is 2.48. The molecule has 2 unspecified atom stereocenters. The summed E-state index contributed by atoms with van der Waals surface area (Å²) in [5.41, 5.74) is 0. The van der Waals surface area contributed by atoms with E-state index in [1.807, 2.05) is 7.05 Å². The van der Waals surface area contributed by atoms with E-state index in [2.05, 4.69) is 4.90 Å². The molecule has 2 rings (SSSR count). The summed E-state index contributed by atoms with van der Waals surface area (Å²) >= 11 is 0. The van der Waals surface area contributed by atoms with Crippen LogP contribution in [0.3, 0.4) is 0 Å². The molecule has 0 saturated carbocycles. The Balaban J connectivity index is 2.05. The summed E-state index contributed by atoms with van der Waals surface area (Å²) < 4.78 is 0. The lowest BCUT2D eigenvalue weighted by atomic mass is 10.0. The Morgan fingerprint density at radius 1 is 1.43 bits per heavy atom. The van der Waals surface area contributed by atoms with E-state index in [4.69, 9.17) is 0 Å². The number of likely N-dealkylation sites (N-methyl/N-ethyl adjacent to an activating group) is 1. The summed E-state index contributed by atoms with van der Waals surface area (Å²) in [6.45, 7) is 3.70. The van der Waals surface area contributed by atoms with E-state index < -0.39 is 0 Å². The fourth-order valence-electron chi connectivity index (χ4n) is 2.37. The van der Waals surface area contributed by atoms with E-state index >= 15 is 0 Å². The van der Waals surface area contributed by atoms with Crippen LogP contribution in [-0.4, -0.2) is 54.2 Å². The molecule has 78 valence electrons. The standard InChI is InChI=1S/C10H16N2O2/c1-7(13)8-3-9-5-11(2)10(14)6-12(9)4-8/h8-9H,3-6H2,1-2H3. The van der Waals surface area contributed by atoms with Gasteiger partial charge in [0.05, 0.1) is 6.54 Å². The van der Waals surface area contributed by atoms with Gasteiger partial charge in [0.1, 0.15) is 5.78 Å². The van der Waals surface area contributed by atoms with Crippen molar-refractivity contribution in [3.05, 3.63) is 0 Å². The van der Waals surface area contributed by atoms with E-state index in [9.17, 15) is 9.59 Å². The molecule has 2 saturated heterocycles. The summed E-state index contributed by atoms with van der Waals surface area (Å²) in [4.78, 5) is 26.6. The number of fused-ring (bicyclic) bond motifs is 1. The van der Waals surface area contributed by atoms with Crippen molar-refractivity contribution in [2.45, 2.75) is 19.4 Å². The van der Waals surface area contributed by atoms with Gasteiger partial charge in [-0.25, -0.2) is 0 Å². The van der Waals surface area contributed by atoms with Crippen LogP contribution in [0.1, 0.15) is 13.3 Å². The molecule has 0 aromatic heterocycles. The molecule has 2 aliphatic heterocycles. The topological polar surface area (TPSA) is 40.6 Å². The largest absolute Gasteiger partial charge is 0.343 e. The van der Waals surface area contributed by atoms with Gasteiger partial charge >= 0.3 is 0 Å². The first-order chi connectivity index (χ1) is 6.58. The molecule has 0 N–H and O–H groups in total. The van der Waals surface area contributed by atoms with Gasteiger partial charge in [-0.3, -0.25) is 14.5 Å². The molecule has 0 spiro atoms. The Kier molecular flexibility index (Phi) is 2.31. The third-order valence-electron chi connectivity index (χ3n) is 3.35. The predicted octanol–water partition coefficient (Wildman–Crippen LogP) is -0.262. The molecule has 0 aromatic rings. The number of carbonyl (C=O) groups is 2. The maximum atomic E-state index is 11.4. The minimum atomic E-state index is 0.152. The highest BCUT2D eigenvalue weighted by molar-refractivity contribution is 5.81. The number of ketones is 1. The van der Waals surface area contributed by atoms with Crippen LogP contribution < -0.4 is 0 Å². The lowest BCUT2D eigenvalue weighted by Crippen LogP contribution is -2.51. The first-order valence-electron chi connectivity index (χ1n) is 5.06. The third kappa shape index (κ3) is 1.54. The smallest absolute Gasteiger partial charge is 0.236 e. The molecule has 14 heavy (non-hydrogen) atoms. The first kappa shape index (κ1) is 9.65. The number of nitrogens with zero attached hydrogens (tertiary/aromatic N) is 2. The average molecular weight is 196 g/mol. The van der Waals surface area contributed by atoms with Crippen molar-refractivity contribution in [1.82, 2.24) is 9.80 Å². The molecule has 0 aliphatic carbocycles. The number of piperazine rings is 1. The quantitative estimate of drug-likeness (QED) is 0.580. The van der Waals surface area contributed by atoms with Crippen molar-refractivity contribution in [1.29, 1.82) is 0 Å². The normalized spacial score (nSPS) is 33.3. The summed E-state index contributed by atoms with van der Waals surface area (Å²) in [5.74, 6) is 0.583. The number of amides is 1. The van der Waals surface area contributed by atoms with Crippen LogP contribution in [0.15, 0.2) is 0 Å². The molecule has 1 amide bonds. The Morgan fingerprint density at radius 2 is 2.14 bits per heavy atom. The van der Waals surface area contributed by atoms with Gasteiger partial charge < -0.3 is 4.90 Å². The molecule has 2 atom stereocenters. The van der Waals surface area contributed by atoms with Crippen molar-refractivity contribution >= 4 is 11.7 Å². The highest BCUT2D eigenvalue weighted by Gasteiger charge is 2.39. The molecule has 4 nitrogen and oxygen atoms in total. The number of Topliss-reactive ketones (excluding diaryl/α,β-unsaturated/α-hetero) is 1. The molecule has 4 heteroatoms. The summed E-state index contributed by atoms with van der Waals surface area (Å²) in [6.07, 6.45) is 0.924.